The lowest BCUT2D eigenvalue weighted by atomic mass is 10.1. The molecule has 0 saturated heterocycles. The summed E-state index contributed by atoms with van der Waals surface area (Å²) in [6, 6.07) is 0. The highest BCUT2D eigenvalue weighted by Crippen LogP contribution is 2.17. The van der Waals surface area contributed by atoms with Crippen molar-refractivity contribution >= 4 is 5.78 Å². The smallest absolute Gasteiger partial charge is 0.227 e. The van der Waals surface area contributed by atoms with Gasteiger partial charge in [-0.2, -0.15) is 0 Å². The van der Waals surface area contributed by atoms with Gasteiger partial charge in [0.25, 0.3) is 0 Å². The van der Waals surface area contributed by atoms with Gasteiger partial charge in [0.15, 0.2) is 5.78 Å². The van der Waals surface area contributed by atoms with Crippen molar-refractivity contribution in [1.29, 1.82) is 0 Å². The van der Waals surface area contributed by atoms with Crippen molar-refractivity contribution < 1.29 is 9.53 Å². The second-order valence-corrected chi connectivity index (χ2v) is 2.61. The molecule has 0 aliphatic carbocycles. The molecule has 0 aliphatic heterocycles. The Labute approximate surface area is 77.0 Å². The summed E-state index contributed by atoms with van der Waals surface area (Å²) in [5, 5.41) is 0. The monoisotopic (exact) mass is 180 g/mol. The molecule has 0 aliphatic rings. The van der Waals surface area contributed by atoms with E-state index in [1.165, 1.54) is 20.4 Å². The van der Waals surface area contributed by atoms with Crippen LogP contribution >= 0.6 is 0 Å². The van der Waals surface area contributed by atoms with E-state index in [-0.39, 0.29) is 5.78 Å². The number of hydrogen-bond acceptors (Lipinski definition) is 4. The Morgan fingerprint density at radius 3 is 2.69 bits per heavy atom. The molecular weight excluding hydrogens is 168 g/mol. The van der Waals surface area contributed by atoms with Gasteiger partial charge in [-0.05, 0) is 13.3 Å². The van der Waals surface area contributed by atoms with Gasteiger partial charge in [-0.3, -0.25) is 4.79 Å². The van der Waals surface area contributed by atoms with E-state index < -0.39 is 0 Å². The standard InChI is InChI=1S/C9H12N2O2/c1-4-7-8(6(2)12)9(13-3)11-5-10-7/h5H,4H2,1-3H3. The van der Waals surface area contributed by atoms with Crippen LogP contribution in [0.5, 0.6) is 5.88 Å². The summed E-state index contributed by atoms with van der Waals surface area (Å²) >= 11 is 0. The zero-order valence-electron chi connectivity index (χ0n) is 8.00. The second kappa shape index (κ2) is 3.98. The third-order valence-corrected chi connectivity index (χ3v) is 1.77. The molecule has 4 nitrogen and oxygen atoms in total. The minimum atomic E-state index is -0.0608. The van der Waals surface area contributed by atoms with Gasteiger partial charge in [-0.1, -0.05) is 6.92 Å². The number of rotatable bonds is 3. The average molecular weight is 180 g/mol. The number of hydrogen-bond donors (Lipinski definition) is 0. The molecule has 0 bridgehead atoms. The van der Waals surface area contributed by atoms with Gasteiger partial charge < -0.3 is 4.74 Å². The Morgan fingerprint density at radius 1 is 1.54 bits per heavy atom. The first kappa shape index (κ1) is 9.64. The summed E-state index contributed by atoms with van der Waals surface area (Å²) in [5.41, 5.74) is 1.23. The normalized spacial score (nSPS) is 9.77. The summed E-state index contributed by atoms with van der Waals surface area (Å²) in [7, 11) is 1.49. The number of aryl methyl sites for hydroxylation is 1. The molecule has 0 unspecified atom stereocenters. The van der Waals surface area contributed by atoms with Crippen LogP contribution in [-0.4, -0.2) is 22.9 Å². The lowest BCUT2D eigenvalue weighted by Crippen LogP contribution is -2.06. The molecule has 0 aromatic carbocycles. The van der Waals surface area contributed by atoms with Crippen molar-refractivity contribution in [2.24, 2.45) is 0 Å². The van der Waals surface area contributed by atoms with Crippen molar-refractivity contribution in [2.75, 3.05) is 7.11 Å². The van der Waals surface area contributed by atoms with Gasteiger partial charge in [-0.15, -0.1) is 0 Å². The Bertz CT molecular complexity index is 301. The maximum absolute atomic E-state index is 11.2. The highest BCUT2D eigenvalue weighted by Gasteiger charge is 2.14. The van der Waals surface area contributed by atoms with E-state index >= 15 is 0 Å². The van der Waals surface area contributed by atoms with E-state index in [0.29, 0.717) is 17.9 Å². The van der Waals surface area contributed by atoms with E-state index in [9.17, 15) is 4.79 Å². The zero-order chi connectivity index (χ0) is 9.84. The SMILES string of the molecule is CCc1ncnc(OC)c1C(C)=O. The summed E-state index contributed by atoms with van der Waals surface area (Å²) < 4.78 is 4.98. The van der Waals surface area contributed by atoms with Crippen molar-refractivity contribution in [3.8, 4) is 5.88 Å². The second-order valence-electron chi connectivity index (χ2n) is 2.61. The van der Waals surface area contributed by atoms with Gasteiger partial charge in [0.1, 0.15) is 11.9 Å². The highest BCUT2D eigenvalue weighted by atomic mass is 16.5. The maximum atomic E-state index is 11.2. The van der Waals surface area contributed by atoms with Gasteiger partial charge in [0.05, 0.1) is 12.8 Å². The lowest BCUT2D eigenvalue weighted by Gasteiger charge is -2.06. The third kappa shape index (κ3) is 1.83. The number of nitrogens with zero attached hydrogens (tertiary/aromatic N) is 2. The minimum Gasteiger partial charge on any atom is -0.480 e. The number of carbonyl (C=O) groups is 1. The first-order valence-electron chi connectivity index (χ1n) is 4.09. The van der Waals surface area contributed by atoms with Crippen LogP contribution in [0.1, 0.15) is 29.9 Å². The van der Waals surface area contributed by atoms with E-state index in [4.69, 9.17) is 4.74 Å². The summed E-state index contributed by atoms with van der Waals surface area (Å²) in [6.45, 7) is 3.43. The molecule has 1 heterocycles. The van der Waals surface area contributed by atoms with Crippen LogP contribution < -0.4 is 4.74 Å². The summed E-state index contributed by atoms with van der Waals surface area (Å²) in [6.07, 6.45) is 2.11. The number of ether oxygens (including phenoxy) is 1. The first-order chi connectivity index (χ1) is 6.20. The quantitative estimate of drug-likeness (QED) is 0.657. The Hall–Kier alpha value is -1.45. The first-order valence-corrected chi connectivity index (χ1v) is 4.09. The van der Waals surface area contributed by atoms with Crippen LogP contribution in [0.25, 0.3) is 0 Å². The third-order valence-electron chi connectivity index (χ3n) is 1.77. The zero-order valence-corrected chi connectivity index (χ0v) is 8.00. The fraction of sp³-hybridized carbons (Fsp3) is 0.444. The molecule has 0 N–H and O–H groups in total. The molecule has 0 radical (unpaired) electrons. The summed E-state index contributed by atoms with van der Waals surface area (Å²) in [5.74, 6) is 0.300. The molecule has 0 atom stereocenters. The Kier molecular flexibility index (Phi) is 2.95. The largest absolute Gasteiger partial charge is 0.480 e. The Balaban J connectivity index is 3.29. The van der Waals surface area contributed by atoms with Crippen molar-refractivity contribution in [3.63, 3.8) is 0 Å². The van der Waals surface area contributed by atoms with Gasteiger partial charge in [0, 0.05) is 0 Å². The molecule has 4 heteroatoms. The van der Waals surface area contributed by atoms with Gasteiger partial charge >= 0.3 is 0 Å². The van der Waals surface area contributed by atoms with Crippen molar-refractivity contribution in [1.82, 2.24) is 9.97 Å². The van der Waals surface area contributed by atoms with Crippen molar-refractivity contribution in [3.05, 3.63) is 17.6 Å². The topological polar surface area (TPSA) is 52.1 Å². The van der Waals surface area contributed by atoms with E-state index in [2.05, 4.69) is 9.97 Å². The van der Waals surface area contributed by atoms with Crippen molar-refractivity contribution in [2.45, 2.75) is 20.3 Å². The molecule has 0 saturated carbocycles. The molecule has 0 fully saturated rings. The molecular formula is C9H12N2O2. The van der Waals surface area contributed by atoms with E-state index in [0.717, 1.165) is 5.69 Å². The van der Waals surface area contributed by atoms with Gasteiger partial charge in [0.2, 0.25) is 5.88 Å². The lowest BCUT2D eigenvalue weighted by molar-refractivity contribution is 0.101. The van der Waals surface area contributed by atoms with Crippen LogP contribution in [0.2, 0.25) is 0 Å². The van der Waals surface area contributed by atoms with Crippen LogP contribution in [0.15, 0.2) is 6.33 Å². The molecule has 13 heavy (non-hydrogen) atoms. The Morgan fingerprint density at radius 2 is 2.23 bits per heavy atom. The number of methoxy groups -OCH3 is 1. The van der Waals surface area contributed by atoms with Crippen LogP contribution in [0.4, 0.5) is 0 Å². The molecule has 1 aromatic rings. The van der Waals surface area contributed by atoms with Crippen LogP contribution in [0, 0.1) is 0 Å². The number of carbonyl (C=O) groups excluding carboxylic acids is 1. The fourth-order valence-corrected chi connectivity index (χ4v) is 1.18. The number of ketones is 1. The molecule has 0 amide bonds. The van der Waals surface area contributed by atoms with Crippen LogP contribution in [0.3, 0.4) is 0 Å². The predicted molar refractivity (Wildman–Crippen MR) is 48.0 cm³/mol. The number of Topliss-reactive ketones (excluding diaryl/α,β-unsaturated/α-hetero) is 1. The van der Waals surface area contributed by atoms with Crippen LogP contribution in [-0.2, 0) is 6.42 Å². The molecule has 1 rings (SSSR count). The molecule has 1 aromatic heterocycles. The fourth-order valence-electron chi connectivity index (χ4n) is 1.18. The van der Waals surface area contributed by atoms with Gasteiger partial charge in [-0.25, -0.2) is 9.97 Å². The van der Waals surface area contributed by atoms with E-state index in [1.807, 2.05) is 6.92 Å². The minimum absolute atomic E-state index is 0.0608. The van der Waals surface area contributed by atoms with E-state index in [1.54, 1.807) is 0 Å². The summed E-state index contributed by atoms with van der Waals surface area (Å²) in [4.78, 5) is 19.1. The molecule has 0 spiro atoms. The highest BCUT2D eigenvalue weighted by molar-refractivity contribution is 5.97. The number of aromatic nitrogens is 2. The predicted octanol–water partition coefficient (Wildman–Crippen LogP) is 1.25. The molecule has 70 valence electrons. The maximum Gasteiger partial charge on any atom is 0.227 e. The average Bonchev–Trinajstić information content (AvgIpc) is 2.16.